The van der Waals surface area contributed by atoms with Crippen molar-refractivity contribution in [2.45, 2.75) is 57.3 Å². The van der Waals surface area contributed by atoms with Crippen LogP contribution in [0.25, 0.3) is 5.65 Å². The summed E-state index contributed by atoms with van der Waals surface area (Å²) in [6, 6.07) is 5.88. The Morgan fingerprint density at radius 1 is 1.06 bits per heavy atom. The standard InChI is InChI=1S/C24H31N5O2/c30-21(14-25-23(31)24-11-16-8-17(12-24)10-18(9-16)13-24)28-6-3-4-19(15-28)22-27-26-20-5-1-2-7-29(20)22/h1-2,5,7,16-19H,3-4,6,8-15H2,(H,25,31)/t16?,17?,18?,19-,24?/m0/s1. The lowest BCUT2D eigenvalue weighted by Crippen LogP contribution is -2.55. The van der Waals surface area contributed by atoms with Gasteiger partial charge in [0.2, 0.25) is 11.8 Å². The van der Waals surface area contributed by atoms with Gasteiger partial charge in [0, 0.05) is 30.6 Å². The zero-order valence-corrected chi connectivity index (χ0v) is 18.0. The largest absolute Gasteiger partial charge is 0.347 e. The van der Waals surface area contributed by atoms with Gasteiger partial charge in [-0.25, -0.2) is 0 Å². The highest BCUT2D eigenvalue weighted by atomic mass is 16.2. The summed E-state index contributed by atoms with van der Waals surface area (Å²) in [4.78, 5) is 28.1. The normalized spacial score (nSPS) is 34.3. The fraction of sp³-hybridized carbons (Fsp3) is 0.667. The summed E-state index contributed by atoms with van der Waals surface area (Å²) in [5.41, 5.74) is 0.642. The van der Waals surface area contributed by atoms with Crippen LogP contribution in [-0.4, -0.2) is 50.9 Å². The van der Waals surface area contributed by atoms with E-state index in [-0.39, 0.29) is 29.7 Å². The number of amides is 2. The van der Waals surface area contributed by atoms with Crippen LogP contribution in [0.5, 0.6) is 0 Å². The first-order valence-corrected chi connectivity index (χ1v) is 12.0. The predicted octanol–water partition coefficient (Wildman–Crippen LogP) is 2.77. The SMILES string of the molecule is O=C(CNC(=O)C12CC3CC(CC(C3)C1)C2)N1CCC[C@H](c2nnc3ccccn23)C1. The molecule has 0 radical (unpaired) electrons. The molecule has 7 rings (SSSR count). The Morgan fingerprint density at radius 3 is 2.55 bits per heavy atom. The Kier molecular flexibility index (Phi) is 4.54. The van der Waals surface area contributed by atoms with Crippen molar-refractivity contribution in [2.75, 3.05) is 19.6 Å². The van der Waals surface area contributed by atoms with Crippen LogP contribution in [0.15, 0.2) is 24.4 Å². The molecule has 1 N–H and O–H groups in total. The number of carbonyl (C=O) groups excluding carboxylic acids is 2. The average Bonchev–Trinajstić information content (AvgIpc) is 3.20. The Balaban J connectivity index is 1.09. The predicted molar refractivity (Wildman–Crippen MR) is 115 cm³/mol. The molecule has 4 saturated carbocycles. The highest BCUT2D eigenvalue weighted by molar-refractivity contribution is 5.88. The van der Waals surface area contributed by atoms with Crippen molar-refractivity contribution in [1.82, 2.24) is 24.8 Å². The smallest absolute Gasteiger partial charge is 0.241 e. The maximum absolute atomic E-state index is 13.2. The minimum absolute atomic E-state index is 0.0246. The van der Waals surface area contributed by atoms with Crippen LogP contribution in [-0.2, 0) is 9.59 Å². The van der Waals surface area contributed by atoms with Crippen LogP contribution >= 0.6 is 0 Å². The molecular formula is C24H31N5O2. The molecule has 0 unspecified atom stereocenters. The van der Waals surface area contributed by atoms with Gasteiger partial charge in [-0.3, -0.25) is 14.0 Å². The molecule has 7 nitrogen and oxygen atoms in total. The second-order valence-electron chi connectivity index (χ2n) is 10.5. The molecule has 5 aliphatic rings. The van der Waals surface area contributed by atoms with Gasteiger partial charge in [-0.2, -0.15) is 0 Å². The van der Waals surface area contributed by atoms with Crippen molar-refractivity contribution >= 4 is 17.5 Å². The van der Waals surface area contributed by atoms with Crippen molar-refractivity contribution in [2.24, 2.45) is 23.2 Å². The van der Waals surface area contributed by atoms with Gasteiger partial charge in [0.15, 0.2) is 5.65 Å². The third-order valence-electron chi connectivity index (χ3n) is 8.40. The van der Waals surface area contributed by atoms with Gasteiger partial charge in [0.25, 0.3) is 0 Å². The van der Waals surface area contributed by atoms with Crippen molar-refractivity contribution in [3.05, 3.63) is 30.2 Å². The van der Waals surface area contributed by atoms with E-state index in [0.717, 1.165) is 67.9 Å². The lowest BCUT2D eigenvalue weighted by molar-refractivity contribution is -0.148. The van der Waals surface area contributed by atoms with E-state index in [1.54, 1.807) is 0 Å². The molecule has 0 aromatic carbocycles. The maximum Gasteiger partial charge on any atom is 0.241 e. The fourth-order valence-electron chi connectivity index (χ4n) is 7.40. The van der Waals surface area contributed by atoms with E-state index >= 15 is 0 Å². The van der Waals surface area contributed by atoms with E-state index in [1.165, 1.54) is 19.3 Å². The molecule has 7 heteroatoms. The quantitative estimate of drug-likeness (QED) is 0.823. The highest BCUT2D eigenvalue weighted by Crippen LogP contribution is 2.60. The van der Waals surface area contributed by atoms with Gasteiger partial charge in [-0.05, 0) is 81.3 Å². The van der Waals surface area contributed by atoms with Gasteiger partial charge >= 0.3 is 0 Å². The summed E-state index contributed by atoms with van der Waals surface area (Å²) in [7, 11) is 0. The molecule has 4 bridgehead atoms. The number of pyridine rings is 1. The number of piperidine rings is 1. The number of aromatic nitrogens is 3. The van der Waals surface area contributed by atoms with Gasteiger partial charge in [0.1, 0.15) is 5.82 Å². The number of likely N-dealkylation sites (tertiary alicyclic amines) is 1. The number of hydrogen-bond acceptors (Lipinski definition) is 4. The molecule has 1 atom stereocenters. The van der Waals surface area contributed by atoms with Crippen LogP contribution in [0.2, 0.25) is 0 Å². The van der Waals surface area contributed by atoms with E-state index in [1.807, 2.05) is 33.7 Å². The lowest BCUT2D eigenvalue weighted by atomic mass is 9.49. The minimum atomic E-state index is -0.195. The zero-order valence-electron chi connectivity index (χ0n) is 18.0. The number of carbonyl (C=O) groups is 2. The van der Waals surface area contributed by atoms with E-state index in [9.17, 15) is 9.59 Å². The molecule has 2 amide bonds. The molecule has 2 aromatic rings. The fourth-order valence-corrected chi connectivity index (χ4v) is 7.40. The molecule has 31 heavy (non-hydrogen) atoms. The van der Waals surface area contributed by atoms with Crippen molar-refractivity contribution in [1.29, 1.82) is 0 Å². The van der Waals surface area contributed by atoms with E-state index in [2.05, 4.69) is 15.5 Å². The van der Waals surface area contributed by atoms with Crippen molar-refractivity contribution < 1.29 is 9.59 Å². The first-order chi connectivity index (χ1) is 15.1. The molecule has 1 saturated heterocycles. The first kappa shape index (κ1) is 19.3. The summed E-state index contributed by atoms with van der Waals surface area (Å²) in [5.74, 6) is 3.45. The van der Waals surface area contributed by atoms with Gasteiger partial charge < -0.3 is 10.2 Å². The third kappa shape index (κ3) is 3.33. The van der Waals surface area contributed by atoms with Crippen LogP contribution in [0.1, 0.15) is 63.1 Å². The van der Waals surface area contributed by atoms with Gasteiger partial charge in [0.05, 0.1) is 6.54 Å². The van der Waals surface area contributed by atoms with Crippen LogP contribution < -0.4 is 5.32 Å². The van der Waals surface area contributed by atoms with E-state index < -0.39 is 0 Å². The third-order valence-corrected chi connectivity index (χ3v) is 8.40. The van der Waals surface area contributed by atoms with Gasteiger partial charge in [-0.1, -0.05) is 6.07 Å². The number of nitrogens with zero attached hydrogens (tertiary/aromatic N) is 4. The Morgan fingerprint density at radius 2 is 1.81 bits per heavy atom. The molecular weight excluding hydrogens is 390 g/mol. The maximum atomic E-state index is 13.2. The second kappa shape index (κ2) is 7.31. The van der Waals surface area contributed by atoms with Gasteiger partial charge in [-0.15, -0.1) is 10.2 Å². The molecule has 2 aromatic heterocycles. The highest BCUT2D eigenvalue weighted by Gasteiger charge is 2.54. The molecule has 0 spiro atoms. The lowest BCUT2D eigenvalue weighted by Gasteiger charge is -2.55. The number of nitrogens with one attached hydrogen (secondary N) is 1. The molecule has 4 aliphatic carbocycles. The van der Waals surface area contributed by atoms with Crippen molar-refractivity contribution in [3.63, 3.8) is 0 Å². The first-order valence-electron chi connectivity index (χ1n) is 12.0. The number of rotatable bonds is 4. The zero-order chi connectivity index (χ0) is 21.0. The summed E-state index contributed by atoms with van der Waals surface area (Å²) in [6.45, 7) is 1.51. The summed E-state index contributed by atoms with van der Waals surface area (Å²) in [5, 5.41) is 11.7. The Labute approximate surface area is 182 Å². The Hall–Kier alpha value is -2.44. The van der Waals surface area contributed by atoms with Crippen LogP contribution in [0, 0.1) is 23.2 Å². The van der Waals surface area contributed by atoms with Crippen LogP contribution in [0.3, 0.4) is 0 Å². The monoisotopic (exact) mass is 421 g/mol. The summed E-state index contributed by atoms with van der Waals surface area (Å²) in [6.07, 6.45) is 11.0. The molecule has 1 aliphatic heterocycles. The summed E-state index contributed by atoms with van der Waals surface area (Å²) < 4.78 is 2.02. The summed E-state index contributed by atoms with van der Waals surface area (Å²) >= 11 is 0. The number of hydrogen-bond donors (Lipinski definition) is 1. The van der Waals surface area contributed by atoms with Crippen LogP contribution in [0.4, 0.5) is 0 Å². The topological polar surface area (TPSA) is 79.6 Å². The molecule has 3 heterocycles. The molecule has 164 valence electrons. The van der Waals surface area contributed by atoms with E-state index in [0.29, 0.717) is 6.54 Å². The van der Waals surface area contributed by atoms with E-state index in [4.69, 9.17) is 0 Å². The average molecular weight is 422 g/mol. The second-order valence-corrected chi connectivity index (χ2v) is 10.5. The molecule has 5 fully saturated rings. The van der Waals surface area contributed by atoms with Crippen molar-refractivity contribution in [3.8, 4) is 0 Å². The minimum Gasteiger partial charge on any atom is -0.347 e. The number of fused-ring (bicyclic) bond motifs is 1. The Bertz CT molecular complexity index is 979.